The molecule has 0 bridgehead atoms. The second kappa shape index (κ2) is 17.3. The zero-order valence-electron chi connectivity index (χ0n) is 22.7. The van der Waals surface area contributed by atoms with Gasteiger partial charge in [-0.25, -0.2) is 22.1 Å². The molecule has 2 aromatic rings. The molecular formula is C29H41F4N2O3S+. The molecule has 0 aliphatic heterocycles. The number of benzene rings is 1. The zero-order valence-corrected chi connectivity index (χ0v) is 23.5. The molecule has 0 saturated carbocycles. The molecule has 0 spiro atoms. The Morgan fingerprint density at radius 2 is 1.31 bits per heavy atom. The van der Waals surface area contributed by atoms with Crippen molar-refractivity contribution in [2.45, 2.75) is 90.5 Å². The molecule has 5 nitrogen and oxygen atoms in total. The van der Waals surface area contributed by atoms with Crippen molar-refractivity contribution in [2.24, 2.45) is 0 Å². The summed E-state index contributed by atoms with van der Waals surface area (Å²) in [6.45, 7) is 2.92. The van der Waals surface area contributed by atoms with E-state index in [-0.39, 0.29) is 12.3 Å². The normalized spacial score (nSPS) is 11.9. The summed E-state index contributed by atoms with van der Waals surface area (Å²) in [7, 11) is -3.99. The average molecular weight is 574 g/mol. The first-order chi connectivity index (χ1) is 18.6. The largest absolute Gasteiger partial charge is 0.380 e. The van der Waals surface area contributed by atoms with E-state index in [1.54, 1.807) is 29.1 Å². The Labute approximate surface area is 230 Å². The van der Waals surface area contributed by atoms with Crippen LogP contribution in [0.3, 0.4) is 0 Å². The predicted molar refractivity (Wildman–Crippen MR) is 148 cm³/mol. The van der Waals surface area contributed by atoms with E-state index in [0.717, 1.165) is 25.3 Å². The lowest BCUT2D eigenvalue weighted by Gasteiger charge is -2.12. The van der Waals surface area contributed by atoms with Crippen LogP contribution in [0.4, 0.5) is 23.2 Å². The number of anilines is 1. The lowest BCUT2D eigenvalue weighted by Crippen LogP contribution is -2.32. The van der Waals surface area contributed by atoms with Crippen LogP contribution in [-0.4, -0.2) is 25.3 Å². The van der Waals surface area contributed by atoms with E-state index >= 15 is 0 Å². The molecule has 0 amide bonds. The third kappa shape index (κ3) is 12.1. The molecule has 2 rings (SSSR count). The molecule has 1 heterocycles. The fourth-order valence-electron chi connectivity index (χ4n) is 4.26. The van der Waals surface area contributed by atoms with Gasteiger partial charge in [-0.05, 0) is 24.5 Å². The number of nitrogens with one attached hydrogen (secondary N) is 1. The Balaban J connectivity index is 1.85. The fourth-order valence-corrected chi connectivity index (χ4v) is 4.83. The Morgan fingerprint density at radius 1 is 0.769 bits per heavy atom. The summed E-state index contributed by atoms with van der Waals surface area (Å²) in [5.41, 5.74) is -1.03. The molecule has 0 fully saturated rings. The molecule has 1 aromatic heterocycles. The van der Waals surface area contributed by atoms with E-state index in [1.165, 1.54) is 44.6 Å². The van der Waals surface area contributed by atoms with Crippen molar-refractivity contribution in [3.05, 3.63) is 58.9 Å². The van der Waals surface area contributed by atoms with Crippen LogP contribution in [0.2, 0.25) is 0 Å². The smallest absolute Gasteiger partial charge is 0.264 e. The molecule has 1 aromatic carbocycles. The fraction of sp³-hybridized carbons (Fsp3) is 0.552. The van der Waals surface area contributed by atoms with Crippen molar-refractivity contribution in [3.8, 4) is 0 Å². The number of hydrogen-bond acceptors (Lipinski definition) is 3. The van der Waals surface area contributed by atoms with Crippen LogP contribution in [-0.2, 0) is 16.7 Å². The number of nitrogens with zero attached hydrogens (tertiary/aromatic N) is 1. The molecule has 2 N–H and O–H groups in total. The molecular weight excluding hydrogens is 532 g/mol. The SMILES string of the molecule is CCCCCCCCCCCCNc1c(F)c(F)c(C=Cc2cc[n+](CCCCS(=O)(=O)O)cc2)c(F)c1F. The van der Waals surface area contributed by atoms with Gasteiger partial charge in [0.2, 0.25) is 0 Å². The van der Waals surface area contributed by atoms with Crippen LogP contribution >= 0.6 is 0 Å². The summed E-state index contributed by atoms with van der Waals surface area (Å²) in [6.07, 6.45) is 17.6. The van der Waals surface area contributed by atoms with Crippen LogP contribution in [0.1, 0.15) is 95.1 Å². The van der Waals surface area contributed by atoms with E-state index in [0.29, 0.717) is 31.4 Å². The quantitative estimate of drug-likeness (QED) is 0.0594. The van der Waals surface area contributed by atoms with Gasteiger partial charge < -0.3 is 5.32 Å². The van der Waals surface area contributed by atoms with Gasteiger partial charge in [0, 0.05) is 25.1 Å². The molecule has 0 radical (unpaired) electrons. The minimum atomic E-state index is -3.99. The van der Waals surface area contributed by atoms with Crippen molar-refractivity contribution in [1.29, 1.82) is 0 Å². The number of rotatable bonds is 19. The lowest BCUT2D eigenvalue weighted by atomic mass is 10.1. The highest BCUT2D eigenvalue weighted by molar-refractivity contribution is 7.85. The third-order valence-electron chi connectivity index (χ3n) is 6.56. The van der Waals surface area contributed by atoms with Gasteiger partial charge >= 0.3 is 0 Å². The number of pyridine rings is 1. The van der Waals surface area contributed by atoms with Crippen LogP contribution in [0.5, 0.6) is 0 Å². The summed E-state index contributed by atoms with van der Waals surface area (Å²) in [5, 5.41) is 2.52. The predicted octanol–water partition coefficient (Wildman–Crippen LogP) is 7.70. The van der Waals surface area contributed by atoms with Crippen LogP contribution < -0.4 is 9.88 Å². The summed E-state index contributed by atoms with van der Waals surface area (Å²) >= 11 is 0. The molecule has 0 saturated heterocycles. The molecule has 0 atom stereocenters. The molecule has 10 heteroatoms. The Hall–Kier alpha value is -2.46. The van der Waals surface area contributed by atoms with Crippen molar-refractivity contribution in [1.82, 2.24) is 0 Å². The van der Waals surface area contributed by atoms with Gasteiger partial charge in [0.15, 0.2) is 35.7 Å². The molecule has 39 heavy (non-hydrogen) atoms. The van der Waals surface area contributed by atoms with Crippen LogP contribution in [0.25, 0.3) is 12.2 Å². The first-order valence-corrected chi connectivity index (χ1v) is 15.5. The molecule has 218 valence electrons. The highest BCUT2D eigenvalue weighted by Crippen LogP contribution is 2.29. The summed E-state index contributed by atoms with van der Waals surface area (Å²) in [4.78, 5) is 0. The second-order valence-corrected chi connectivity index (χ2v) is 11.4. The van der Waals surface area contributed by atoms with Gasteiger partial charge in [-0.15, -0.1) is 0 Å². The van der Waals surface area contributed by atoms with Crippen molar-refractivity contribution < 1.29 is 35.1 Å². The van der Waals surface area contributed by atoms with Gasteiger partial charge in [-0.2, -0.15) is 8.42 Å². The molecule has 0 aliphatic rings. The highest BCUT2D eigenvalue weighted by atomic mass is 32.2. The second-order valence-electron chi connectivity index (χ2n) is 9.85. The van der Waals surface area contributed by atoms with E-state index in [2.05, 4.69) is 12.2 Å². The van der Waals surface area contributed by atoms with E-state index in [4.69, 9.17) is 4.55 Å². The first-order valence-electron chi connectivity index (χ1n) is 13.9. The van der Waals surface area contributed by atoms with Crippen LogP contribution in [0, 0.1) is 23.3 Å². The lowest BCUT2D eigenvalue weighted by molar-refractivity contribution is -0.697. The highest BCUT2D eigenvalue weighted by Gasteiger charge is 2.24. The van der Waals surface area contributed by atoms with Crippen LogP contribution in [0.15, 0.2) is 24.5 Å². The average Bonchev–Trinajstić information content (AvgIpc) is 2.90. The minimum absolute atomic E-state index is 0.220. The third-order valence-corrected chi connectivity index (χ3v) is 7.36. The maximum Gasteiger partial charge on any atom is 0.264 e. The summed E-state index contributed by atoms with van der Waals surface area (Å²) in [5.74, 6) is -6.12. The Morgan fingerprint density at radius 3 is 1.85 bits per heavy atom. The van der Waals surface area contributed by atoms with E-state index in [9.17, 15) is 26.0 Å². The monoisotopic (exact) mass is 573 g/mol. The minimum Gasteiger partial charge on any atom is -0.380 e. The van der Waals surface area contributed by atoms with Gasteiger partial charge in [-0.1, -0.05) is 70.8 Å². The van der Waals surface area contributed by atoms with Gasteiger partial charge in [0.25, 0.3) is 10.1 Å². The van der Waals surface area contributed by atoms with Gasteiger partial charge in [0.05, 0.1) is 11.3 Å². The summed E-state index contributed by atoms with van der Waals surface area (Å²) < 4.78 is 90.4. The number of halogens is 4. The number of aryl methyl sites for hydroxylation is 1. The molecule has 0 unspecified atom stereocenters. The number of unbranched alkanes of at least 4 members (excludes halogenated alkanes) is 10. The Kier molecular flexibility index (Phi) is 14.5. The van der Waals surface area contributed by atoms with E-state index in [1.807, 2.05) is 0 Å². The van der Waals surface area contributed by atoms with Gasteiger partial charge in [-0.3, -0.25) is 4.55 Å². The van der Waals surface area contributed by atoms with E-state index < -0.39 is 44.6 Å². The van der Waals surface area contributed by atoms with Crippen molar-refractivity contribution in [2.75, 3.05) is 17.6 Å². The van der Waals surface area contributed by atoms with Crippen molar-refractivity contribution >= 4 is 28.0 Å². The Bertz CT molecular complexity index is 1130. The zero-order chi connectivity index (χ0) is 28.7. The maximum atomic E-state index is 14.6. The standard InChI is InChI=1S/C29H40F4N2O3S/c1-2-3-4-5-6-7-8-9-10-11-18-34-29-27(32)25(30)24(26(31)28(29)33)15-14-23-16-20-35(21-17-23)19-12-13-22-39(36,37)38/h14-17,20-21H,2-13,18-19,22H2,1H3,(H,36,37,38)/p+1. The summed E-state index contributed by atoms with van der Waals surface area (Å²) in [6, 6.07) is 3.29. The maximum absolute atomic E-state index is 14.6. The topological polar surface area (TPSA) is 70.3 Å². The number of hydrogen-bond donors (Lipinski definition) is 2. The van der Waals surface area contributed by atoms with Gasteiger partial charge in [0.1, 0.15) is 12.2 Å². The molecule has 0 aliphatic carbocycles. The number of aromatic nitrogens is 1. The first kappa shape index (κ1) is 32.8. The van der Waals surface area contributed by atoms with Crippen molar-refractivity contribution in [3.63, 3.8) is 0 Å².